The fraction of sp³-hybridized carbons (Fsp3) is 0.312. The molecule has 1 fully saturated rings. The molecule has 2 aromatic heterocycles. The maximum Gasteiger partial charge on any atom is 0.239 e. The number of thiophene rings is 1. The zero-order valence-electron chi connectivity index (χ0n) is 12.6. The van der Waals surface area contributed by atoms with Crippen molar-refractivity contribution in [1.29, 1.82) is 0 Å². The van der Waals surface area contributed by atoms with Gasteiger partial charge in [-0.1, -0.05) is 0 Å². The number of carbonyl (C=O) groups is 2. The monoisotopic (exact) mass is 330 g/mol. The Morgan fingerprint density at radius 2 is 2.30 bits per heavy atom. The fourth-order valence-electron chi connectivity index (χ4n) is 2.40. The van der Waals surface area contributed by atoms with E-state index in [2.05, 4.69) is 21.0 Å². The highest BCUT2D eigenvalue weighted by atomic mass is 32.1. The van der Waals surface area contributed by atoms with Gasteiger partial charge < -0.3 is 15.5 Å². The van der Waals surface area contributed by atoms with Crippen LogP contribution in [0.5, 0.6) is 0 Å². The predicted octanol–water partition coefficient (Wildman–Crippen LogP) is 1.65. The van der Waals surface area contributed by atoms with E-state index in [1.807, 2.05) is 28.5 Å². The minimum absolute atomic E-state index is 0.00357. The fourth-order valence-corrected chi connectivity index (χ4v) is 3.10. The van der Waals surface area contributed by atoms with Crippen molar-refractivity contribution in [3.63, 3.8) is 0 Å². The Hall–Kier alpha value is -2.41. The third kappa shape index (κ3) is 4.29. The molecule has 120 valence electrons. The first-order chi connectivity index (χ1) is 11.2. The highest BCUT2D eigenvalue weighted by Gasteiger charge is 2.17. The Morgan fingerprint density at radius 1 is 1.39 bits per heavy atom. The Bertz CT molecular complexity index is 670. The highest BCUT2D eigenvalue weighted by Crippen LogP contribution is 2.15. The van der Waals surface area contributed by atoms with Crippen molar-refractivity contribution in [2.75, 3.05) is 29.9 Å². The first kappa shape index (κ1) is 15.5. The number of amides is 2. The standard InChI is InChI=1S/C16H18N4O2S/c21-15(4-1-12-5-8-23-11-12)19-13-2-3-14(18-9-13)20-7-6-17-16(22)10-20/h2-3,5,8-9,11H,1,4,6-7,10H2,(H,17,22)(H,19,21). The summed E-state index contributed by atoms with van der Waals surface area (Å²) < 4.78 is 0. The van der Waals surface area contributed by atoms with Gasteiger partial charge >= 0.3 is 0 Å². The largest absolute Gasteiger partial charge is 0.353 e. The number of nitrogens with one attached hydrogen (secondary N) is 2. The van der Waals surface area contributed by atoms with Gasteiger partial charge in [0.15, 0.2) is 0 Å². The molecule has 3 rings (SSSR count). The molecule has 6 nitrogen and oxygen atoms in total. The number of piperazine rings is 1. The van der Waals surface area contributed by atoms with E-state index in [1.54, 1.807) is 17.5 Å². The van der Waals surface area contributed by atoms with Crippen LogP contribution in [0.25, 0.3) is 0 Å². The number of hydrogen-bond donors (Lipinski definition) is 2. The van der Waals surface area contributed by atoms with Gasteiger partial charge in [0.25, 0.3) is 0 Å². The molecule has 0 aromatic carbocycles. The molecule has 0 unspecified atom stereocenters. The number of carbonyl (C=O) groups excluding carboxylic acids is 2. The number of rotatable bonds is 5. The van der Waals surface area contributed by atoms with Crippen LogP contribution in [0.1, 0.15) is 12.0 Å². The molecule has 0 bridgehead atoms. The molecular formula is C16H18N4O2S. The van der Waals surface area contributed by atoms with Crippen molar-refractivity contribution >= 4 is 34.7 Å². The summed E-state index contributed by atoms with van der Waals surface area (Å²) in [4.78, 5) is 29.6. The number of nitrogens with zero attached hydrogens (tertiary/aromatic N) is 2. The Labute approximate surface area is 138 Å². The van der Waals surface area contributed by atoms with Crippen LogP contribution in [-0.2, 0) is 16.0 Å². The van der Waals surface area contributed by atoms with Crippen molar-refractivity contribution in [3.8, 4) is 0 Å². The molecule has 0 aliphatic carbocycles. The summed E-state index contributed by atoms with van der Waals surface area (Å²) in [5, 5.41) is 9.69. The summed E-state index contributed by atoms with van der Waals surface area (Å²) in [7, 11) is 0. The second-order valence-corrected chi connectivity index (χ2v) is 6.14. The molecule has 0 atom stereocenters. The van der Waals surface area contributed by atoms with Gasteiger partial charge in [0.1, 0.15) is 5.82 Å². The summed E-state index contributed by atoms with van der Waals surface area (Å²) in [5.74, 6) is 0.725. The normalized spacial score (nSPS) is 14.4. The van der Waals surface area contributed by atoms with Crippen LogP contribution in [0.2, 0.25) is 0 Å². The van der Waals surface area contributed by atoms with Crippen LogP contribution < -0.4 is 15.5 Å². The van der Waals surface area contributed by atoms with E-state index in [4.69, 9.17) is 0 Å². The molecule has 3 heterocycles. The van der Waals surface area contributed by atoms with Crippen molar-refractivity contribution in [1.82, 2.24) is 10.3 Å². The molecule has 0 radical (unpaired) electrons. The van der Waals surface area contributed by atoms with Crippen LogP contribution >= 0.6 is 11.3 Å². The third-order valence-electron chi connectivity index (χ3n) is 3.61. The van der Waals surface area contributed by atoms with Crippen molar-refractivity contribution in [2.45, 2.75) is 12.8 Å². The molecule has 7 heteroatoms. The van der Waals surface area contributed by atoms with Crippen molar-refractivity contribution in [2.24, 2.45) is 0 Å². The number of anilines is 2. The van der Waals surface area contributed by atoms with Crippen molar-refractivity contribution in [3.05, 3.63) is 40.7 Å². The van der Waals surface area contributed by atoms with Crippen LogP contribution in [0.3, 0.4) is 0 Å². The average molecular weight is 330 g/mol. The molecule has 1 aliphatic rings. The molecule has 0 spiro atoms. The lowest BCUT2D eigenvalue weighted by atomic mass is 10.2. The van der Waals surface area contributed by atoms with Gasteiger partial charge in [-0.05, 0) is 40.9 Å². The zero-order chi connectivity index (χ0) is 16.1. The average Bonchev–Trinajstić information content (AvgIpc) is 3.07. The first-order valence-electron chi connectivity index (χ1n) is 7.49. The lowest BCUT2D eigenvalue weighted by Crippen LogP contribution is -2.48. The maximum absolute atomic E-state index is 11.9. The van der Waals surface area contributed by atoms with Gasteiger partial charge in [-0.2, -0.15) is 11.3 Å². The highest BCUT2D eigenvalue weighted by molar-refractivity contribution is 7.07. The van der Waals surface area contributed by atoms with Crippen molar-refractivity contribution < 1.29 is 9.59 Å². The summed E-state index contributed by atoms with van der Waals surface area (Å²) in [6, 6.07) is 5.67. The number of aryl methyl sites for hydroxylation is 1. The summed E-state index contributed by atoms with van der Waals surface area (Å²) in [6.07, 6.45) is 2.82. The van der Waals surface area contributed by atoms with Gasteiger partial charge in [0, 0.05) is 19.5 Å². The van der Waals surface area contributed by atoms with Crippen LogP contribution in [0.15, 0.2) is 35.2 Å². The second-order valence-electron chi connectivity index (χ2n) is 5.36. The van der Waals surface area contributed by atoms with Gasteiger partial charge in [0.2, 0.25) is 11.8 Å². The summed E-state index contributed by atoms with van der Waals surface area (Å²) >= 11 is 1.64. The molecule has 2 aromatic rings. The third-order valence-corrected chi connectivity index (χ3v) is 4.35. The zero-order valence-corrected chi connectivity index (χ0v) is 13.4. The molecular weight excluding hydrogens is 312 g/mol. The predicted molar refractivity (Wildman–Crippen MR) is 90.7 cm³/mol. The smallest absolute Gasteiger partial charge is 0.239 e. The number of hydrogen-bond acceptors (Lipinski definition) is 5. The Balaban J connectivity index is 1.52. The Kier molecular flexibility index (Phi) is 4.87. The van der Waals surface area contributed by atoms with E-state index < -0.39 is 0 Å². The second kappa shape index (κ2) is 7.23. The molecule has 1 aliphatic heterocycles. The summed E-state index contributed by atoms with van der Waals surface area (Å²) in [5.41, 5.74) is 1.85. The minimum atomic E-state index is -0.0249. The molecule has 23 heavy (non-hydrogen) atoms. The molecule has 1 saturated heterocycles. The van der Waals surface area contributed by atoms with E-state index in [-0.39, 0.29) is 11.8 Å². The van der Waals surface area contributed by atoms with Crippen LogP contribution in [-0.4, -0.2) is 36.4 Å². The Morgan fingerprint density at radius 3 is 3.00 bits per heavy atom. The SMILES string of the molecule is O=C1CN(c2ccc(NC(=O)CCc3ccsc3)cn2)CCN1. The van der Waals surface area contributed by atoms with E-state index in [0.29, 0.717) is 25.2 Å². The van der Waals surface area contributed by atoms with E-state index in [0.717, 1.165) is 18.8 Å². The molecule has 0 saturated carbocycles. The first-order valence-corrected chi connectivity index (χ1v) is 8.43. The number of pyridine rings is 1. The van der Waals surface area contributed by atoms with Crippen LogP contribution in [0, 0.1) is 0 Å². The van der Waals surface area contributed by atoms with E-state index in [1.165, 1.54) is 5.56 Å². The van der Waals surface area contributed by atoms with Gasteiger partial charge in [-0.3, -0.25) is 9.59 Å². The van der Waals surface area contributed by atoms with Gasteiger partial charge in [-0.25, -0.2) is 4.98 Å². The quantitative estimate of drug-likeness (QED) is 0.874. The van der Waals surface area contributed by atoms with E-state index >= 15 is 0 Å². The lowest BCUT2D eigenvalue weighted by molar-refractivity contribution is -0.120. The van der Waals surface area contributed by atoms with E-state index in [9.17, 15) is 9.59 Å². The molecule has 2 N–H and O–H groups in total. The minimum Gasteiger partial charge on any atom is -0.353 e. The summed E-state index contributed by atoms with van der Waals surface area (Å²) in [6.45, 7) is 1.69. The maximum atomic E-state index is 11.9. The number of aromatic nitrogens is 1. The van der Waals surface area contributed by atoms with Gasteiger partial charge in [-0.15, -0.1) is 0 Å². The topological polar surface area (TPSA) is 74.3 Å². The van der Waals surface area contributed by atoms with Gasteiger partial charge in [0.05, 0.1) is 18.4 Å². The van der Waals surface area contributed by atoms with Crippen LogP contribution in [0.4, 0.5) is 11.5 Å². The lowest BCUT2D eigenvalue weighted by Gasteiger charge is -2.27. The molecule has 2 amide bonds.